The number of anilines is 3. The van der Waals surface area contributed by atoms with E-state index < -0.39 is 16.7 Å². The number of halogens is 3. The highest BCUT2D eigenvalue weighted by Crippen LogP contribution is 2.40. The second-order valence-electron chi connectivity index (χ2n) is 6.40. The first-order chi connectivity index (χ1) is 13.2. The average Bonchev–Trinajstić information content (AvgIpc) is 2.63. The first-order valence-corrected chi connectivity index (χ1v) is 8.46. The monoisotopic (exact) mass is 386 g/mol. The third-order valence-corrected chi connectivity index (χ3v) is 4.43. The van der Waals surface area contributed by atoms with Crippen molar-refractivity contribution in [2.45, 2.75) is 20.0 Å². The molecular formula is C21H17F3N2O2. The second kappa shape index (κ2) is 7.34. The van der Waals surface area contributed by atoms with Crippen LogP contribution >= 0.6 is 0 Å². The van der Waals surface area contributed by atoms with E-state index in [4.69, 9.17) is 0 Å². The normalized spacial score (nSPS) is 11.3. The number of hydrogen-bond donors (Lipinski definition) is 0. The molecule has 144 valence electrons. The van der Waals surface area contributed by atoms with Crippen LogP contribution in [0.1, 0.15) is 16.7 Å². The molecule has 4 nitrogen and oxygen atoms in total. The standard InChI is InChI=1S/C21H17F3N2O2/c1-14-8-9-18(13-19(14)21(22,23)24)25(16-6-4-3-5-7-16)17-10-11-20(26(27)28)15(2)12-17/h3-13H,1-2H3. The molecule has 0 unspecified atom stereocenters. The lowest BCUT2D eigenvalue weighted by atomic mass is 10.1. The van der Waals surface area contributed by atoms with Crippen molar-refractivity contribution >= 4 is 22.7 Å². The van der Waals surface area contributed by atoms with Crippen LogP contribution < -0.4 is 4.90 Å². The predicted octanol–water partition coefficient (Wildman–Crippen LogP) is 6.70. The van der Waals surface area contributed by atoms with Crippen LogP contribution in [0.25, 0.3) is 0 Å². The molecule has 0 heterocycles. The highest BCUT2D eigenvalue weighted by atomic mass is 19.4. The van der Waals surface area contributed by atoms with Crippen LogP contribution in [0, 0.1) is 24.0 Å². The summed E-state index contributed by atoms with van der Waals surface area (Å²) in [5.74, 6) is 0. The number of alkyl halides is 3. The molecule has 0 saturated carbocycles. The summed E-state index contributed by atoms with van der Waals surface area (Å²) in [6.45, 7) is 3.01. The zero-order valence-corrected chi connectivity index (χ0v) is 15.2. The van der Waals surface area contributed by atoms with E-state index in [2.05, 4.69) is 0 Å². The maximum atomic E-state index is 13.4. The predicted molar refractivity (Wildman–Crippen MR) is 102 cm³/mol. The van der Waals surface area contributed by atoms with Gasteiger partial charge in [-0.25, -0.2) is 0 Å². The second-order valence-corrected chi connectivity index (χ2v) is 6.40. The van der Waals surface area contributed by atoms with Gasteiger partial charge in [0.2, 0.25) is 0 Å². The Morgan fingerprint density at radius 3 is 2.00 bits per heavy atom. The summed E-state index contributed by atoms with van der Waals surface area (Å²) in [5, 5.41) is 11.1. The van der Waals surface area contributed by atoms with Crippen LogP contribution in [-0.2, 0) is 6.18 Å². The summed E-state index contributed by atoms with van der Waals surface area (Å²) in [6.07, 6.45) is -4.48. The van der Waals surface area contributed by atoms with Crippen LogP contribution in [0.4, 0.5) is 35.9 Å². The van der Waals surface area contributed by atoms with Gasteiger partial charge in [0.05, 0.1) is 10.5 Å². The Hall–Kier alpha value is -3.35. The fraction of sp³-hybridized carbons (Fsp3) is 0.143. The molecule has 0 radical (unpaired) electrons. The Balaban J connectivity index is 2.20. The molecule has 0 N–H and O–H groups in total. The van der Waals surface area contributed by atoms with Crippen LogP contribution in [0.3, 0.4) is 0 Å². The minimum Gasteiger partial charge on any atom is -0.310 e. The first kappa shape index (κ1) is 19.4. The zero-order chi connectivity index (χ0) is 20.5. The van der Waals surface area contributed by atoms with Gasteiger partial charge >= 0.3 is 6.18 Å². The number of nitro groups is 1. The van der Waals surface area contributed by atoms with Crippen LogP contribution in [0.2, 0.25) is 0 Å². The number of nitrogens with zero attached hydrogens (tertiary/aromatic N) is 2. The van der Waals surface area contributed by atoms with E-state index in [1.54, 1.807) is 54.3 Å². The minimum atomic E-state index is -4.48. The van der Waals surface area contributed by atoms with Crippen LogP contribution in [0.15, 0.2) is 66.7 Å². The van der Waals surface area contributed by atoms with E-state index in [1.165, 1.54) is 25.1 Å². The van der Waals surface area contributed by atoms with Crippen molar-refractivity contribution in [1.82, 2.24) is 0 Å². The van der Waals surface area contributed by atoms with Crippen LogP contribution in [-0.4, -0.2) is 4.92 Å². The molecule has 3 aromatic carbocycles. The first-order valence-electron chi connectivity index (χ1n) is 8.46. The highest BCUT2D eigenvalue weighted by Gasteiger charge is 2.33. The van der Waals surface area contributed by atoms with E-state index in [-0.39, 0.29) is 11.3 Å². The Morgan fingerprint density at radius 2 is 1.43 bits per heavy atom. The molecule has 0 aliphatic carbocycles. The Kier molecular flexibility index (Phi) is 5.09. The summed E-state index contributed by atoms with van der Waals surface area (Å²) in [4.78, 5) is 12.3. The van der Waals surface area contributed by atoms with Crippen molar-refractivity contribution in [2.24, 2.45) is 0 Å². The average molecular weight is 386 g/mol. The van der Waals surface area contributed by atoms with Gasteiger partial charge < -0.3 is 4.90 Å². The third-order valence-electron chi connectivity index (χ3n) is 4.43. The van der Waals surface area contributed by atoms with Gasteiger partial charge in [-0.15, -0.1) is 0 Å². The molecule has 3 rings (SSSR count). The zero-order valence-electron chi connectivity index (χ0n) is 15.2. The number of aryl methyl sites for hydroxylation is 2. The molecule has 28 heavy (non-hydrogen) atoms. The summed E-state index contributed by atoms with van der Waals surface area (Å²) in [5.41, 5.74) is 1.29. The molecule has 7 heteroatoms. The molecule has 0 spiro atoms. The van der Waals surface area contributed by atoms with Gasteiger partial charge in [0, 0.05) is 28.7 Å². The van der Waals surface area contributed by atoms with Crippen molar-refractivity contribution in [3.05, 3.63) is 93.5 Å². The maximum Gasteiger partial charge on any atom is 0.416 e. The Bertz CT molecular complexity index is 1020. The van der Waals surface area contributed by atoms with E-state index in [0.717, 1.165) is 6.07 Å². The van der Waals surface area contributed by atoms with Crippen molar-refractivity contribution in [1.29, 1.82) is 0 Å². The lowest BCUT2D eigenvalue weighted by Crippen LogP contribution is -2.13. The molecule has 0 aromatic heterocycles. The van der Waals surface area contributed by atoms with Crippen LogP contribution in [0.5, 0.6) is 0 Å². The lowest BCUT2D eigenvalue weighted by Gasteiger charge is -2.27. The van der Waals surface area contributed by atoms with E-state index in [9.17, 15) is 23.3 Å². The Labute approximate surface area is 160 Å². The summed E-state index contributed by atoms with van der Waals surface area (Å²) in [6, 6.07) is 17.5. The van der Waals surface area contributed by atoms with Crippen molar-refractivity contribution in [3.63, 3.8) is 0 Å². The fourth-order valence-electron chi connectivity index (χ4n) is 3.06. The van der Waals surface area contributed by atoms with Gasteiger partial charge in [-0.1, -0.05) is 24.3 Å². The fourth-order valence-corrected chi connectivity index (χ4v) is 3.06. The van der Waals surface area contributed by atoms with Gasteiger partial charge in [-0.05, 0) is 55.8 Å². The van der Waals surface area contributed by atoms with Crippen molar-refractivity contribution < 1.29 is 18.1 Å². The SMILES string of the molecule is Cc1cc(N(c2ccccc2)c2ccc(C)c(C(F)(F)F)c2)ccc1[N+](=O)[O-]. The molecule has 3 aromatic rings. The maximum absolute atomic E-state index is 13.4. The summed E-state index contributed by atoms with van der Waals surface area (Å²) < 4.78 is 40.2. The van der Waals surface area contributed by atoms with Gasteiger partial charge in [0.1, 0.15) is 0 Å². The van der Waals surface area contributed by atoms with Crippen molar-refractivity contribution in [2.75, 3.05) is 4.90 Å². The molecule has 0 fully saturated rings. The van der Waals surface area contributed by atoms with E-state index >= 15 is 0 Å². The molecule has 0 saturated heterocycles. The van der Waals surface area contributed by atoms with Gasteiger partial charge in [0.25, 0.3) is 5.69 Å². The van der Waals surface area contributed by atoms with E-state index in [0.29, 0.717) is 22.6 Å². The lowest BCUT2D eigenvalue weighted by molar-refractivity contribution is -0.385. The largest absolute Gasteiger partial charge is 0.416 e. The quantitative estimate of drug-likeness (QED) is 0.370. The summed E-state index contributed by atoms with van der Waals surface area (Å²) in [7, 11) is 0. The number of hydrogen-bond acceptors (Lipinski definition) is 3. The third kappa shape index (κ3) is 3.83. The van der Waals surface area contributed by atoms with Gasteiger partial charge in [-0.3, -0.25) is 10.1 Å². The Morgan fingerprint density at radius 1 is 0.821 bits per heavy atom. The molecule has 0 atom stereocenters. The number of para-hydroxylation sites is 1. The smallest absolute Gasteiger partial charge is 0.310 e. The van der Waals surface area contributed by atoms with E-state index in [1.807, 2.05) is 0 Å². The molecule has 0 aliphatic rings. The van der Waals surface area contributed by atoms with Gasteiger partial charge in [0.15, 0.2) is 0 Å². The molecule has 0 amide bonds. The molecular weight excluding hydrogens is 369 g/mol. The number of benzene rings is 3. The number of nitro benzene ring substituents is 1. The summed E-state index contributed by atoms with van der Waals surface area (Å²) >= 11 is 0. The van der Waals surface area contributed by atoms with Gasteiger partial charge in [-0.2, -0.15) is 13.2 Å². The van der Waals surface area contributed by atoms with Crippen molar-refractivity contribution in [3.8, 4) is 0 Å². The topological polar surface area (TPSA) is 46.4 Å². The number of rotatable bonds is 4. The minimum absolute atomic E-state index is 0.0448. The molecule has 0 bridgehead atoms. The molecule has 0 aliphatic heterocycles. The highest BCUT2D eigenvalue weighted by molar-refractivity contribution is 5.78.